The van der Waals surface area contributed by atoms with Crippen LogP contribution in [-0.2, 0) is 16.5 Å². The zero-order chi connectivity index (χ0) is 0. The van der Waals surface area contributed by atoms with Crippen LogP contribution in [0.4, 0.5) is 0 Å². The van der Waals surface area contributed by atoms with Crippen molar-refractivity contribution in [3.8, 4) is 0 Å². The molecule has 0 saturated heterocycles. The third kappa shape index (κ3) is 9.02. The molecule has 0 fully saturated rings. The second kappa shape index (κ2) is 16.2. The Bertz CT molecular complexity index is 8.00. The van der Waals surface area contributed by atoms with Crippen molar-refractivity contribution in [1.82, 2.24) is 0 Å². The van der Waals surface area contributed by atoms with Gasteiger partial charge in [0, 0.05) is 102 Å². The molecule has 0 aliphatic rings. The van der Waals surface area contributed by atoms with E-state index in [-0.39, 0.29) is 102 Å². The smallest absolute Gasteiger partial charge is 0 e. The maximum atomic E-state index is 0. The second-order valence-corrected chi connectivity index (χ2v) is 0. The third-order valence-electron chi connectivity index (χ3n) is 0. The van der Waals surface area contributed by atoms with E-state index in [1.165, 1.54) is 0 Å². The predicted octanol–water partition coefficient (Wildman–Crippen LogP) is -0.764. The van der Waals surface area contributed by atoms with E-state index >= 15 is 0 Å². The molecule has 0 aromatic heterocycles. The standard InChI is InChI=1S/Ni.Sb.Sn.Tm. The summed E-state index contributed by atoms with van der Waals surface area (Å²) in [6, 6.07) is 0. The third-order valence-corrected chi connectivity index (χ3v) is 0. The molecule has 0 aliphatic carbocycles. The summed E-state index contributed by atoms with van der Waals surface area (Å²) in [5.41, 5.74) is 0. The van der Waals surface area contributed by atoms with Crippen LogP contribution in [0.25, 0.3) is 0 Å². The van der Waals surface area contributed by atoms with Crippen molar-refractivity contribution in [2.45, 2.75) is 0 Å². The maximum Gasteiger partial charge on any atom is 0 e. The van der Waals surface area contributed by atoms with Crippen LogP contribution in [0.2, 0.25) is 0 Å². The average molecular weight is 468 g/mol. The molecule has 0 saturated carbocycles. The van der Waals surface area contributed by atoms with E-state index in [0.29, 0.717) is 0 Å². The molecule has 0 nitrogen and oxygen atoms in total. The molecule has 0 aliphatic heterocycles. The summed E-state index contributed by atoms with van der Waals surface area (Å²) in [4.78, 5) is 0. The molecule has 0 atom stereocenters. The van der Waals surface area contributed by atoms with Gasteiger partial charge in [-0.3, -0.25) is 0 Å². The number of rotatable bonds is 0. The molecule has 0 aromatic rings. The molecule has 0 amide bonds. The van der Waals surface area contributed by atoms with Crippen molar-refractivity contribution >= 4 is 48.3 Å². The molecule has 0 bridgehead atoms. The summed E-state index contributed by atoms with van der Waals surface area (Å²) in [7, 11) is 0. The van der Waals surface area contributed by atoms with Gasteiger partial charge in [0.1, 0.15) is 0 Å². The molecule has 0 unspecified atom stereocenters. The first-order chi connectivity index (χ1) is 0. The Labute approximate surface area is 99.4 Å². The Balaban J connectivity index is 0. The Morgan fingerprint density at radius 2 is 1.00 bits per heavy atom. The summed E-state index contributed by atoms with van der Waals surface area (Å²) in [6.07, 6.45) is 0. The van der Waals surface area contributed by atoms with E-state index in [1.54, 1.807) is 0 Å². The van der Waals surface area contributed by atoms with Gasteiger partial charge in [0.2, 0.25) is 0 Å². The molecule has 0 N–H and O–H groups in total. The minimum atomic E-state index is 0. The Kier molecular flexibility index (Phi) is 107. The molecule has 0 rings (SSSR count). The Morgan fingerprint density at radius 3 is 1.00 bits per heavy atom. The molecule has 4 heteroatoms. The average Bonchev–Trinajstić information content (AvgIpc) is 0. The van der Waals surface area contributed by atoms with E-state index < -0.39 is 0 Å². The van der Waals surface area contributed by atoms with Gasteiger partial charge in [-0.2, -0.15) is 0 Å². The Morgan fingerprint density at radius 1 is 1.00 bits per heavy atom. The molecule has 4 heavy (non-hydrogen) atoms. The minimum absolute atomic E-state index is 0. The van der Waals surface area contributed by atoms with Crippen LogP contribution in [0, 0.1) is 36.9 Å². The zero-order valence-electron chi connectivity index (χ0n) is 1.54. The quantitative estimate of drug-likeness (QED) is 0.411. The van der Waals surface area contributed by atoms with Crippen LogP contribution < -0.4 is 0 Å². The van der Waals surface area contributed by atoms with Crippen LogP contribution >= 0.6 is 0 Å². The van der Waals surface area contributed by atoms with Crippen LogP contribution in [0.1, 0.15) is 0 Å². The molecule has 8 radical (unpaired) electrons. The largest absolute Gasteiger partial charge is 0 e. The van der Waals surface area contributed by atoms with Crippen molar-refractivity contribution in [3.05, 3.63) is 0 Å². The van der Waals surface area contributed by atoms with Gasteiger partial charge in [-0.15, -0.1) is 0 Å². The van der Waals surface area contributed by atoms with Crippen LogP contribution in [0.15, 0.2) is 0 Å². The van der Waals surface area contributed by atoms with Gasteiger partial charge in [0.25, 0.3) is 0 Å². The SMILES string of the molecule is [Ni].[Sb].[Sn].[Tm]. The summed E-state index contributed by atoms with van der Waals surface area (Å²) in [5.74, 6) is 0. The van der Waals surface area contributed by atoms with Crippen LogP contribution in [0.5, 0.6) is 0 Å². The van der Waals surface area contributed by atoms with Crippen LogP contribution in [0.3, 0.4) is 0 Å². The van der Waals surface area contributed by atoms with Gasteiger partial charge in [-0.05, 0) is 0 Å². The monoisotopic (exact) mass is 468 g/mol. The van der Waals surface area contributed by atoms with E-state index in [2.05, 4.69) is 0 Å². The summed E-state index contributed by atoms with van der Waals surface area (Å²) in [5, 5.41) is 0. The number of hydrogen-bond acceptors (Lipinski definition) is 0. The van der Waals surface area contributed by atoms with Crippen molar-refractivity contribution in [2.24, 2.45) is 0 Å². The van der Waals surface area contributed by atoms with Crippen molar-refractivity contribution < 1.29 is 53.4 Å². The molecular weight excluding hydrogens is 468 g/mol. The van der Waals surface area contributed by atoms with E-state index in [9.17, 15) is 0 Å². The van der Waals surface area contributed by atoms with Crippen molar-refractivity contribution in [2.75, 3.05) is 0 Å². The van der Waals surface area contributed by atoms with Gasteiger partial charge in [0.15, 0.2) is 0 Å². The molecule has 0 aromatic carbocycles. The first-order valence-corrected chi connectivity index (χ1v) is 0. The first kappa shape index (κ1) is 26.4. The fraction of sp³-hybridized carbons (Fsp3) is 0. The predicted molar refractivity (Wildman–Crippen MR) is 11.5 cm³/mol. The van der Waals surface area contributed by atoms with Gasteiger partial charge >= 0.3 is 0 Å². The summed E-state index contributed by atoms with van der Waals surface area (Å²) < 4.78 is 0. The molecule has 0 spiro atoms. The van der Waals surface area contributed by atoms with E-state index in [1.807, 2.05) is 0 Å². The van der Waals surface area contributed by atoms with Gasteiger partial charge < -0.3 is 0 Å². The van der Waals surface area contributed by atoms with Gasteiger partial charge in [-0.25, -0.2) is 0 Å². The van der Waals surface area contributed by atoms with Gasteiger partial charge in [-0.1, -0.05) is 0 Å². The van der Waals surface area contributed by atoms with Crippen molar-refractivity contribution in [3.63, 3.8) is 0 Å². The molecular formula is NiSbSnTm. The summed E-state index contributed by atoms with van der Waals surface area (Å²) in [6.45, 7) is 0. The van der Waals surface area contributed by atoms with E-state index in [4.69, 9.17) is 0 Å². The second-order valence-electron chi connectivity index (χ2n) is 0. The Hall–Kier alpha value is 3.34. The van der Waals surface area contributed by atoms with E-state index in [0.717, 1.165) is 0 Å². The number of hydrogen-bond donors (Lipinski definition) is 0. The first-order valence-electron chi connectivity index (χ1n) is 0. The molecule has 0 heterocycles. The fourth-order valence-corrected chi connectivity index (χ4v) is 0. The topological polar surface area (TPSA) is 0 Å². The minimum Gasteiger partial charge on any atom is 0 e. The maximum absolute atomic E-state index is 0. The normalized spacial score (nSPS) is 0. The fourth-order valence-electron chi connectivity index (χ4n) is 0. The summed E-state index contributed by atoms with van der Waals surface area (Å²) >= 11 is 0. The van der Waals surface area contributed by atoms with Gasteiger partial charge in [0.05, 0.1) is 0 Å². The zero-order valence-corrected chi connectivity index (χ0v) is 9.71. The molecule has 32 valence electrons. The van der Waals surface area contributed by atoms with Crippen LogP contribution in [-0.4, -0.2) is 48.3 Å². The van der Waals surface area contributed by atoms with Crippen molar-refractivity contribution in [1.29, 1.82) is 0 Å².